The van der Waals surface area contributed by atoms with Crippen LogP contribution in [-0.2, 0) is 0 Å². The van der Waals surface area contributed by atoms with Gasteiger partial charge in [-0.05, 0) is 25.0 Å². The Morgan fingerprint density at radius 3 is 2.61 bits per heavy atom. The van der Waals surface area contributed by atoms with E-state index in [1.165, 1.54) is 25.3 Å². The zero-order chi connectivity index (χ0) is 13.1. The summed E-state index contributed by atoms with van der Waals surface area (Å²) in [7, 11) is 1.93. The summed E-state index contributed by atoms with van der Waals surface area (Å²) in [5, 5.41) is 11.6. The second kappa shape index (κ2) is 5.57. The lowest BCUT2D eigenvalue weighted by Gasteiger charge is -2.32. The van der Waals surface area contributed by atoms with Gasteiger partial charge in [-0.15, -0.1) is 0 Å². The average molecular weight is 269 g/mol. The Balaban J connectivity index is 2.30. The fourth-order valence-corrected chi connectivity index (χ4v) is 2.76. The van der Waals surface area contributed by atoms with Gasteiger partial charge in [-0.2, -0.15) is 0 Å². The largest absolute Gasteiger partial charge is 0.366 e. The van der Waals surface area contributed by atoms with Crippen LogP contribution >= 0.6 is 11.6 Å². The maximum Gasteiger partial charge on any atom is 0.292 e. The van der Waals surface area contributed by atoms with Crippen molar-refractivity contribution in [3.05, 3.63) is 33.3 Å². The fourth-order valence-electron chi connectivity index (χ4n) is 2.60. The van der Waals surface area contributed by atoms with Gasteiger partial charge in [-0.25, -0.2) is 0 Å². The maximum atomic E-state index is 11.1. The van der Waals surface area contributed by atoms with Crippen LogP contribution in [0.2, 0.25) is 5.02 Å². The average Bonchev–Trinajstić information content (AvgIpc) is 2.38. The van der Waals surface area contributed by atoms with Crippen molar-refractivity contribution in [2.75, 3.05) is 11.9 Å². The molecule has 0 unspecified atom stereocenters. The molecule has 1 aliphatic rings. The standard InChI is InChI=1S/C13H17ClN2O2/c1-15(11-5-3-2-4-6-11)13-9-10(14)7-8-12(13)16(17)18/h7-9,11H,2-6H2,1H3. The van der Waals surface area contributed by atoms with Crippen LogP contribution in [0.1, 0.15) is 32.1 Å². The normalized spacial score (nSPS) is 16.6. The quantitative estimate of drug-likeness (QED) is 0.614. The summed E-state index contributed by atoms with van der Waals surface area (Å²) in [6.07, 6.45) is 5.86. The summed E-state index contributed by atoms with van der Waals surface area (Å²) >= 11 is 5.96. The molecule has 1 aromatic rings. The highest BCUT2D eigenvalue weighted by molar-refractivity contribution is 6.31. The fraction of sp³-hybridized carbons (Fsp3) is 0.538. The lowest BCUT2D eigenvalue weighted by atomic mass is 9.94. The van der Waals surface area contributed by atoms with Crippen molar-refractivity contribution < 1.29 is 4.92 Å². The number of nitro groups is 1. The lowest BCUT2D eigenvalue weighted by molar-refractivity contribution is -0.384. The zero-order valence-electron chi connectivity index (χ0n) is 10.4. The van der Waals surface area contributed by atoms with Crippen molar-refractivity contribution in [1.82, 2.24) is 0 Å². The van der Waals surface area contributed by atoms with Gasteiger partial charge in [0.15, 0.2) is 0 Å². The smallest absolute Gasteiger partial charge is 0.292 e. The number of anilines is 1. The first-order valence-corrected chi connectivity index (χ1v) is 6.64. The Kier molecular flexibility index (Phi) is 4.07. The summed E-state index contributed by atoms with van der Waals surface area (Å²) in [4.78, 5) is 12.7. The third kappa shape index (κ3) is 2.75. The molecule has 0 radical (unpaired) electrons. The molecular formula is C13H17ClN2O2. The van der Waals surface area contributed by atoms with Crippen molar-refractivity contribution in [2.24, 2.45) is 0 Å². The molecule has 0 atom stereocenters. The minimum Gasteiger partial charge on any atom is -0.366 e. The van der Waals surface area contributed by atoms with E-state index in [0.29, 0.717) is 16.8 Å². The summed E-state index contributed by atoms with van der Waals surface area (Å²) < 4.78 is 0. The van der Waals surface area contributed by atoms with Gasteiger partial charge in [0, 0.05) is 24.2 Å². The second-order valence-electron chi connectivity index (χ2n) is 4.79. The summed E-state index contributed by atoms with van der Waals surface area (Å²) in [5.41, 5.74) is 0.756. The molecule has 5 heteroatoms. The minimum atomic E-state index is -0.342. The summed E-state index contributed by atoms with van der Waals surface area (Å²) in [5.74, 6) is 0. The Morgan fingerprint density at radius 1 is 1.33 bits per heavy atom. The van der Waals surface area contributed by atoms with Gasteiger partial charge >= 0.3 is 0 Å². The van der Waals surface area contributed by atoms with Crippen LogP contribution < -0.4 is 4.90 Å². The highest BCUT2D eigenvalue weighted by atomic mass is 35.5. The number of halogens is 1. The number of hydrogen-bond acceptors (Lipinski definition) is 3. The topological polar surface area (TPSA) is 46.4 Å². The van der Waals surface area contributed by atoms with Gasteiger partial charge in [0.1, 0.15) is 5.69 Å². The summed E-state index contributed by atoms with van der Waals surface area (Å²) in [6, 6.07) is 5.12. The van der Waals surface area contributed by atoms with Gasteiger partial charge in [0.2, 0.25) is 0 Å². The molecule has 1 saturated carbocycles. The lowest BCUT2D eigenvalue weighted by Crippen LogP contribution is -2.33. The highest BCUT2D eigenvalue weighted by Crippen LogP contribution is 2.34. The van der Waals surface area contributed by atoms with E-state index in [0.717, 1.165) is 12.8 Å². The van der Waals surface area contributed by atoms with Gasteiger partial charge in [-0.1, -0.05) is 30.9 Å². The van der Waals surface area contributed by atoms with Crippen molar-refractivity contribution in [3.8, 4) is 0 Å². The number of hydrogen-bond donors (Lipinski definition) is 0. The van der Waals surface area contributed by atoms with Crippen LogP contribution in [0.25, 0.3) is 0 Å². The zero-order valence-corrected chi connectivity index (χ0v) is 11.2. The predicted molar refractivity (Wildman–Crippen MR) is 73.4 cm³/mol. The second-order valence-corrected chi connectivity index (χ2v) is 5.23. The van der Waals surface area contributed by atoms with E-state index in [4.69, 9.17) is 11.6 Å². The Hall–Kier alpha value is -1.29. The molecule has 0 aromatic heterocycles. The Labute approximate surface area is 112 Å². The summed E-state index contributed by atoms with van der Waals surface area (Å²) in [6.45, 7) is 0. The van der Waals surface area contributed by atoms with Crippen molar-refractivity contribution in [2.45, 2.75) is 38.1 Å². The molecule has 2 rings (SSSR count). The van der Waals surface area contributed by atoms with Crippen LogP contribution in [0.15, 0.2) is 18.2 Å². The van der Waals surface area contributed by atoms with Crippen LogP contribution in [0, 0.1) is 10.1 Å². The first-order chi connectivity index (χ1) is 8.59. The van der Waals surface area contributed by atoms with E-state index in [1.54, 1.807) is 12.1 Å². The third-order valence-electron chi connectivity index (χ3n) is 3.64. The molecule has 1 aliphatic carbocycles. The van der Waals surface area contributed by atoms with Crippen molar-refractivity contribution in [1.29, 1.82) is 0 Å². The molecule has 0 spiro atoms. The molecule has 0 heterocycles. The van der Waals surface area contributed by atoms with E-state index in [2.05, 4.69) is 0 Å². The minimum absolute atomic E-state index is 0.132. The number of nitrogens with zero attached hydrogens (tertiary/aromatic N) is 2. The number of nitro benzene ring substituents is 1. The third-order valence-corrected chi connectivity index (χ3v) is 3.87. The first kappa shape index (κ1) is 13.1. The SMILES string of the molecule is CN(c1cc(Cl)ccc1[N+](=O)[O-])C1CCCCC1. The molecule has 1 aromatic carbocycles. The van der Waals surface area contributed by atoms with Crippen LogP contribution in [0.4, 0.5) is 11.4 Å². The Bertz CT molecular complexity index is 445. The van der Waals surface area contributed by atoms with E-state index in [1.807, 2.05) is 11.9 Å². The molecule has 4 nitrogen and oxygen atoms in total. The number of rotatable bonds is 3. The van der Waals surface area contributed by atoms with E-state index < -0.39 is 0 Å². The monoisotopic (exact) mass is 268 g/mol. The molecule has 0 amide bonds. The molecule has 0 saturated heterocycles. The molecule has 0 N–H and O–H groups in total. The van der Waals surface area contributed by atoms with Crippen LogP contribution in [-0.4, -0.2) is 18.0 Å². The predicted octanol–water partition coefficient (Wildman–Crippen LogP) is 4.02. The van der Waals surface area contributed by atoms with E-state index in [9.17, 15) is 10.1 Å². The highest BCUT2D eigenvalue weighted by Gasteiger charge is 2.24. The van der Waals surface area contributed by atoms with Crippen LogP contribution in [0.3, 0.4) is 0 Å². The molecule has 0 bridgehead atoms. The molecule has 98 valence electrons. The molecule has 1 fully saturated rings. The van der Waals surface area contributed by atoms with Gasteiger partial charge in [0.05, 0.1) is 4.92 Å². The van der Waals surface area contributed by atoms with Gasteiger partial charge < -0.3 is 4.90 Å². The van der Waals surface area contributed by atoms with Crippen LogP contribution in [0.5, 0.6) is 0 Å². The molecular weight excluding hydrogens is 252 g/mol. The first-order valence-electron chi connectivity index (χ1n) is 6.26. The number of benzene rings is 1. The molecule has 0 aliphatic heterocycles. The molecule has 18 heavy (non-hydrogen) atoms. The van der Waals surface area contributed by atoms with E-state index in [-0.39, 0.29) is 10.6 Å². The van der Waals surface area contributed by atoms with Gasteiger partial charge in [0.25, 0.3) is 5.69 Å². The van der Waals surface area contributed by atoms with Crippen molar-refractivity contribution >= 4 is 23.0 Å². The maximum absolute atomic E-state index is 11.1. The van der Waals surface area contributed by atoms with Gasteiger partial charge in [-0.3, -0.25) is 10.1 Å². The Morgan fingerprint density at radius 2 is 2.00 bits per heavy atom. The van der Waals surface area contributed by atoms with E-state index >= 15 is 0 Å². The van der Waals surface area contributed by atoms with Crippen molar-refractivity contribution in [3.63, 3.8) is 0 Å².